The van der Waals surface area contributed by atoms with Crippen molar-refractivity contribution in [2.24, 2.45) is 5.92 Å². The molecule has 2 aromatic heterocycles. The van der Waals surface area contributed by atoms with Crippen molar-refractivity contribution in [1.82, 2.24) is 19.5 Å². The lowest BCUT2D eigenvalue weighted by atomic mass is 9.83. The van der Waals surface area contributed by atoms with Crippen LogP contribution in [0.1, 0.15) is 58.8 Å². The van der Waals surface area contributed by atoms with E-state index in [0.29, 0.717) is 41.8 Å². The molecule has 11 heteroatoms. The van der Waals surface area contributed by atoms with Crippen LogP contribution in [0.5, 0.6) is 0 Å². The van der Waals surface area contributed by atoms with Crippen molar-refractivity contribution in [2.75, 3.05) is 11.9 Å². The summed E-state index contributed by atoms with van der Waals surface area (Å²) in [6.07, 6.45) is 0.0626. The first-order valence-corrected chi connectivity index (χ1v) is 12.8. The SMILES string of the molecule is O=C(O)c1nc(NCCC2CCC2)c2c(n1)nc(COCc1ccccc1)n2Cc1ccc(C(F)(F)F)cc1. The minimum absolute atomic E-state index is 0.0792. The molecule has 8 nitrogen and oxygen atoms in total. The molecular formula is C28H28F3N5O3. The molecule has 204 valence electrons. The second-order valence-electron chi connectivity index (χ2n) is 9.67. The summed E-state index contributed by atoms with van der Waals surface area (Å²) in [6.45, 7) is 1.17. The first-order valence-electron chi connectivity index (χ1n) is 12.8. The molecule has 0 unspecified atom stereocenters. The van der Waals surface area contributed by atoms with E-state index in [1.54, 1.807) is 4.57 Å². The predicted molar refractivity (Wildman–Crippen MR) is 138 cm³/mol. The van der Waals surface area contributed by atoms with Crippen molar-refractivity contribution in [1.29, 1.82) is 0 Å². The predicted octanol–water partition coefficient (Wildman–Crippen LogP) is 5.91. The number of halogens is 3. The fourth-order valence-electron chi connectivity index (χ4n) is 4.57. The van der Waals surface area contributed by atoms with Crippen LogP contribution in [0.25, 0.3) is 11.2 Å². The zero-order valence-electron chi connectivity index (χ0n) is 21.1. The topological polar surface area (TPSA) is 102 Å². The van der Waals surface area contributed by atoms with Crippen LogP contribution in [0, 0.1) is 5.92 Å². The third-order valence-electron chi connectivity index (χ3n) is 6.91. The number of benzene rings is 2. The average molecular weight is 540 g/mol. The first-order chi connectivity index (χ1) is 18.8. The van der Waals surface area contributed by atoms with Crippen molar-refractivity contribution in [3.05, 3.63) is 82.9 Å². The Hall–Kier alpha value is -3.99. The number of aromatic carboxylic acids is 1. The Labute approximate surface area is 222 Å². The van der Waals surface area contributed by atoms with Crippen LogP contribution >= 0.6 is 0 Å². The van der Waals surface area contributed by atoms with Gasteiger partial charge >= 0.3 is 12.1 Å². The van der Waals surface area contributed by atoms with E-state index < -0.39 is 17.7 Å². The van der Waals surface area contributed by atoms with Gasteiger partial charge in [-0.1, -0.05) is 61.7 Å². The molecule has 0 radical (unpaired) electrons. The molecule has 1 aliphatic rings. The van der Waals surface area contributed by atoms with Crippen molar-refractivity contribution in [3.63, 3.8) is 0 Å². The largest absolute Gasteiger partial charge is 0.475 e. The summed E-state index contributed by atoms with van der Waals surface area (Å²) in [5.41, 5.74) is 1.50. The Bertz CT molecular complexity index is 1440. The van der Waals surface area contributed by atoms with Gasteiger partial charge in [0.15, 0.2) is 11.5 Å². The number of imidazole rings is 1. The van der Waals surface area contributed by atoms with Gasteiger partial charge in [-0.05, 0) is 35.6 Å². The molecule has 4 aromatic rings. The zero-order valence-corrected chi connectivity index (χ0v) is 21.1. The summed E-state index contributed by atoms with van der Waals surface area (Å²) in [4.78, 5) is 24.7. The van der Waals surface area contributed by atoms with Crippen LogP contribution in [0.15, 0.2) is 54.6 Å². The standard InChI is InChI=1S/C28H28F3N5O3/c29-28(30,31)21-11-9-19(10-12-21)15-36-22(17-39-16-20-5-2-1-3-6-20)33-25-23(36)24(34-26(35-25)27(37)38)32-14-13-18-7-4-8-18/h1-3,5-6,9-12,18H,4,7-8,13-17H2,(H,37,38)(H,32,34,35). The fraction of sp³-hybridized carbons (Fsp3) is 0.357. The molecule has 1 saturated carbocycles. The van der Waals surface area contributed by atoms with Crippen LogP contribution in [0.4, 0.5) is 19.0 Å². The van der Waals surface area contributed by atoms with Gasteiger partial charge in [0.05, 0.1) is 12.2 Å². The van der Waals surface area contributed by atoms with Gasteiger partial charge in [0.2, 0.25) is 5.82 Å². The molecule has 0 saturated heterocycles. The van der Waals surface area contributed by atoms with Gasteiger partial charge in [-0.3, -0.25) is 0 Å². The highest BCUT2D eigenvalue weighted by atomic mass is 19.4. The lowest BCUT2D eigenvalue weighted by molar-refractivity contribution is -0.137. The molecule has 0 amide bonds. The van der Waals surface area contributed by atoms with Gasteiger partial charge < -0.3 is 19.7 Å². The molecule has 2 heterocycles. The van der Waals surface area contributed by atoms with Crippen molar-refractivity contribution in [3.8, 4) is 0 Å². The number of carboxylic acid groups (broad SMARTS) is 1. The lowest BCUT2D eigenvalue weighted by Gasteiger charge is -2.25. The van der Waals surface area contributed by atoms with Crippen LogP contribution in [-0.2, 0) is 30.7 Å². The van der Waals surface area contributed by atoms with E-state index in [2.05, 4.69) is 20.3 Å². The zero-order chi connectivity index (χ0) is 27.4. The molecule has 5 rings (SSSR count). The van der Waals surface area contributed by atoms with E-state index in [1.807, 2.05) is 30.3 Å². The number of fused-ring (bicyclic) bond motifs is 1. The number of anilines is 1. The number of hydrogen-bond acceptors (Lipinski definition) is 6. The van der Waals surface area contributed by atoms with E-state index >= 15 is 0 Å². The normalized spacial score (nSPS) is 13.9. The van der Waals surface area contributed by atoms with Gasteiger partial charge in [0.1, 0.15) is 17.9 Å². The highest BCUT2D eigenvalue weighted by molar-refractivity contribution is 5.90. The molecule has 0 spiro atoms. The second kappa shape index (κ2) is 11.4. The first kappa shape index (κ1) is 26.6. The Kier molecular flexibility index (Phi) is 7.78. The minimum atomic E-state index is -4.44. The number of nitrogens with one attached hydrogen (secondary N) is 1. The highest BCUT2D eigenvalue weighted by Crippen LogP contribution is 2.31. The summed E-state index contributed by atoms with van der Waals surface area (Å²) < 4.78 is 47.0. The maximum atomic E-state index is 13.1. The van der Waals surface area contributed by atoms with Gasteiger partial charge in [0.25, 0.3) is 0 Å². The van der Waals surface area contributed by atoms with Gasteiger partial charge in [-0.25, -0.2) is 19.7 Å². The summed E-state index contributed by atoms with van der Waals surface area (Å²) >= 11 is 0. The Morgan fingerprint density at radius 1 is 1.00 bits per heavy atom. The monoisotopic (exact) mass is 539 g/mol. The van der Waals surface area contributed by atoms with Crippen LogP contribution in [-0.4, -0.2) is 37.1 Å². The summed E-state index contributed by atoms with van der Waals surface area (Å²) in [6, 6.07) is 14.5. The molecule has 1 aliphatic carbocycles. The number of rotatable bonds is 11. The highest BCUT2D eigenvalue weighted by Gasteiger charge is 2.30. The van der Waals surface area contributed by atoms with E-state index in [-0.39, 0.29) is 24.6 Å². The van der Waals surface area contributed by atoms with E-state index in [0.717, 1.165) is 24.1 Å². The quantitative estimate of drug-likeness (QED) is 0.244. The van der Waals surface area contributed by atoms with Crippen LogP contribution in [0.3, 0.4) is 0 Å². The summed E-state index contributed by atoms with van der Waals surface area (Å²) in [5.74, 6) is -0.249. The van der Waals surface area contributed by atoms with Crippen molar-refractivity contribution in [2.45, 2.75) is 51.6 Å². The van der Waals surface area contributed by atoms with Crippen molar-refractivity contribution >= 4 is 23.0 Å². The molecule has 1 fully saturated rings. The Morgan fingerprint density at radius 2 is 1.74 bits per heavy atom. The molecule has 39 heavy (non-hydrogen) atoms. The maximum Gasteiger partial charge on any atom is 0.416 e. The summed E-state index contributed by atoms with van der Waals surface area (Å²) in [7, 11) is 0. The maximum absolute atomic E-state index is 13.1. The van der Waals surface area contributed by atoms with E-state index in [9.17, 15) is 23.1 Å². The van der Waals surface area contributed by atoms with Crippen molar-refractivity contribution < 1.29 is 27.8 Å². The number of nitrogens with zero attached hydrogens (tertiary/aromatic N) is 4. The van der Waals surface area contributed by atoms with Gasteiger partial charge in [-0.15, -0.1) is 0 Å². The smallest absolute Gasteiger partial charge is 0.416 e. The third-order valence-corrected chi connectivity index (χ3v) is 6.91. The number of aromatic nitrogens is 4. The molecule has 0 bridgehead atoms. The number of hydrogen-bond donors (Lipinski definition) is 2. The third kappa shape index (κ3) is 6.36. The average Bonchev–Trinajstić information content (AvgIpc) is 3.23. The van der Waals surface area contributed by atoms with Gasteiger partial charge in [-0.2, -0.15) is 13.2 Å². The molecular weight excluding hydrogens is 511 g/mol. The fourth-order valence-corrected chi connectivity index (χ4v) is 4.57. The molecule has 0 aliphatic heterocycles. The van der Waals surface area contributed by atoms with Crippen LogP contribution in [0.2, 0.25) is 0 Å². The lowest BCUT2D eigenvalue weighted by Crippen LogP contribution is -2.17. The molecule has 2 N–H and O–H groups in total. The van der Waals surface area contributed by atoms with E-state index in [1.165, 1.54) is 31.4 Å². The van der Waals surface area contributed by atoms with Crippen LogP contribution < -0.4 is 5.32 Å². The molecule has 2 aromatic carbocycles. The Morgan fingerprint density at radius 3 is 2.38 bits per heavy atom. The number of carboxylic acids is 1. The second-order valence-corrected chi connectivity index (χ2v) is 9.67. The summed E-state index contributed by atoms with van der Waals surface area (Å²) in [5, 5.41) is 12.9. The number of carbonyl (C=O) groups is 1. The number of alkyl halides is 3. The molecule has 0 atom stereocenters. The van der Waals surface area contributed by atoms with Gasteiger partial charge in [0, 0.05) is 13.1 Å². The minimum Gasteiger partial charge on any atom is -0.475 e. The number of ether oxygens (including phenoxy) is 1. The Balaban J connectivity index is 1.49. The van der Waals surface area contributed by atoms with E-state index in [4.69, 9.17) is 4.74 Å².